The van der Waals surface area contributed by atoms with Crippen molar-refractivity contribution in [3.8, 4) is 5.75 Å². The Hall–Kier alpha value is -1.94. The lowest BCUT2D eigenvalue weighted by Gasteiger charge is -2.08. The van der Waals surface area contributed by atoms with Gasteiger partial charge < -0.3 is 10.5 Å². The van der Waals surface area contributed by atoms with Gasteiger partial charge in [-0.25, -0.2) is 8.78 Å². The molecule has 0 spiro atoms. The maximum Gasteiger partial charge on any atom is 0.129 e. The molecular weight excluding hydrogens is 236 g/mol. The zero-order chi connectivity index (χ0) is 13.0. The molecule has 0 heterocycles. The second-order valence-corrected chi connectivity index (χ2v) is 3.87. The Bertz CT molecular complexity index is 526. The standard InChI is InChI=1S/C14H13F2NO/c15-12-2-4-13(5-3-12)18-9-11-7-10(8-17)1-6-14(11)16/h1-7H,8-9,17H2. The summed E-state index contributed by atoms with van der Waals surface area (Å²) in [6.07, 6.45) is 0. The molecule has 2 rings (SSSR count). The Kier molecular flexibility index (Phi) is 3.89. The quantitative estimate of drug-likeness (QED) is 0.904. The molecule has 0 saturated heterocycles. The summed E-state index contributed by atoms with van der Waals surface area (Å²) in [5.74, 6) is -0.179. The van der Waals surface area contributed by atoms with Gasteiger partial charge in [0.25, 0.3) is 0 Å². The summed E-state index contributed by atoms with van der Waals surface area (Å²) in [4.78, 5) is 0. The van der Waals surface area contributed by atoms with Crippen molar-refractivity contribution in [1.29, 1.82) is 0 Å². The summed E-state index contributed by atoms with van der Waals surface area (Å²) in [7, 11) is 0. The fourth-order valence-corrected chi connectivity index (χ4v) is 1.56. The van der Waals surface area contributed by atoms with E-state index < -0.39 is 0 Å². The van der Waals surface area contributed by atoms with Gasteiger partial charge in [-0.05, 0) is 42.0 Å². The van der Waals surface area contributed by atoms with Gasteiger partial charge in [0.2, 0.25) is 0 Å². The smallest absolute Gasteiger partial charge is 0.129 e. The molecule has 2 aromatic rings. The molecule has 0 radical (unpaired) electrons. The van der Waals surface area contributed by atoms with E-state index in [-0.39, 0.29) is 18.2 Å². The van der Waals surface area contributed by atoms with Gasteiger partial charge in [-0.15, -0.1) is 0 Å². The number of nitrogens with two attached hydrogens (primary N) is 1. The molecule has 94 valence electrons. The van der Waals surface area contributed by atoms with Crippen LogP contribution < -0.4 is 10.5 Å². The third-order valence-electron chi connectivity index (χ3n) is 2.55. The van der Waals surface area contributed by atoms with Crippen LogP contribution in [-0.2, 0) is 13.2 Å². The van der Waals surface area contributed by atoms with Gasteiger partial charge in [0.15, 0.2) is 0 Å². The zero-order valence-electron chi connectivity index (χ0n) is 9.70. The predicted octanol–water partition coefficient (Wildman–Crippen LogP) is 3.00. The maximum atomic E-state index is 13.5. The summed E-state index contributed by atoms with van der Waals surface area (Å²) < 4.78 is 31.6. The minimum Gasteiger partial charge on any atom is -0.489 e. The van der Waals surface area contributed by atoms with Gasteiger partial charge >= 0.3 is 0 Å². The van der Waals surface area contributed by atoms with Crippen LogP contribution in [-0.4, -0.2) is 0 Å². The van der Waals surface area contributed by atoms with Crippen LogP contribution in [0, 0.1) is 11.6 Å². The predicted molar refractivity (Wildman–Crippen MR) is 65.0 cm³/mol. The summed E-state index contributed by atoms with van der Waals surface area (Å²) in [5.41, 5.74) is 6.76. The summed E-state index contributed by atoms with van der Waals surface area (Å²) >= 11 is 0. The minimum atomic E-state index is -0.339. The lowest BCUT2D eigenvalue weighted by molar-refractivity contribution is 0.299. The van der Waals surface area contributed by atoms with E-state index in [1.807, 2.05) is 0 Å². The third kappa shape index (κ3) is 3.05. The fraction of sp³-hybridized carbons (Fsp3) is 0.143. The lowest BCUT2D eigenvalue weighted by atomic mass is 10.1. The number of hydrogen-bond donors (Lipinski definition) is 1. The number of halogens is 2. The highest BCUT2D eigenvalue weighted by molar-refractivity contribution is 5.26. The van der Waals surface area contributed by atoms with Gasteiger partial charge in [0.1, 0.15) is 24.0 Å². The van der Waals surface area contributed by atoms with Crippen molar-refractivity contribution >= 4 is 0 Å². The lowest BCUT2D eigenvalue weighted by Crippen LogP contribution is -2.02. The van der Waals surface area contributed by atoms with Crippen molar-refractivity contribution in [3.63, 3.8) is 0 Å². The van der Waals surface area contributed by atoms with Crippen LogP contribution in [0.4, 0.5) is 8.78 Å². The highest BCUT2D eigenvalue weighted by atomic mass is 19.1. The van der Waals surface area contributed by atoms with Crippen molar-refractivity contribution in [3.05, 3.63) is 65.2 Å². The molecule has 18 heavy (non-hydrogen) atoms. The molecule has 0 aliphatic heterocycles. The average molecular weight is 249 g/mol. The molecule has 0 fully saturated rings. The molecule has 0 bridgehead atoms. The first-order valence-electron chi connectivity index (χ1n) is 5.55. The second kappa shape index (κ2) is 5.60. The van der Waals surface area contributed by atoms with Crippen LogP contribution in [0.2, 0.25) is 0 Å². The van der Waals surface area contributed by atoms with Gasteiger partial charge in [0, 0.05) is 12.1 Å². The molecule has 0 aromatic heterocycles. The second-order valence-electron chi connectivity index (χ2n) is 3.87. The largest absolute Gasteiger partial charge is 0.489 e. The molecule has 0 atom stereocenters. The molecule has 2 nitrogen and oxygen atoms in total. The third-order valence-corrected chi connectivity index (χ3v) is 2.55. The van der Waals surface area contributed by atoms with Crippen LogP contribution in [0.3, 0.4) is 0 Å². The summed E-state index contributed by atoms with van der Waals surface area (Å²) in [6.45, 7) is 0.440. The van der Waals surface area contributed by atoms with E-state index in [1.54, 1.807) is 12.1 Å². The number of benzene rings is 2. The topological polar surface area (TPSA) is 35.2 Å². The van der Waals surface area contributed by atoms with Crippen molar-refractivity contribution < 1.29 is 13.5 Å². The monoisotopic (exact) mass is 249 g/mol. The molecule has 2 aromatic carbocycles. The number of rotatable bonds is 4. The van der Waals surface area contributed by atoms with Gasteiger partial charge in [0.05, 0.1) is 0 Å². The Labute approximate surface area is 104 Å². The van der Waals surface area contributed by atoms with E-state index in [4.69, 9.17) is 10.5 Å². The first-order chi connectivity index (χ1) is 8.69. The van der Waals surface area contributed by atoms with E-state index in [2.05, 4.69) is 0 Å². The number of hydrogen-bond acceptors (Lipinski definition) is 2. The molecule has 4 heteroatoms. The zero-order valence-corrected chi connectivity index (χ0v) is 9.70. The van der Waals surface area contributed by atoms with Crippen LogP contribution in [0.5, 0.6) is 5.75 Å². The van der Waals surface area contributed by atoms with Crippen molar-refractivity contribution in [2.45, 2.75) is 13.2 Å². The Morgan fingerprint density at radius 3 is 2.39 bits per heavy atom. The highest BCUT2D eigenvalue weighted by Gasteiger charge is 2.04. The first-order valence-corrected chi connectivity index (χ1v) is 5.55. The van der Waals surface area contributed by atoms with E-state index in [9.17, 15) is 8.78 Å². The van der Waals surface area contributed by atoms with E-state index in [0.717, 1.165) is 5.56 Å². The Morgan fingerprint density at radius 1 is 1.00 bits per heavy atom. The SMILES string of the molecule is NCc1ccc(F)c(COc2ccc(F)cc2)c1. The fourth-order valence-electron chi connectivity index (χ4n) is 1.56. The van der Waals surface area contributed by atoms with Gasteiger partial charge in [-0.3, -0.25) is 0 Å². The minimum absolute atomic E-state index is 0.0886. The normalized spacial score (nSPS) is 10.4. The molecule has 0 aliphatic rings. The average Bonchev–Trinajstić information content (AvgIpc) is 2.40. The van der Waals surface area contributed by atoms with Gasteiger partial charge in [-0.1, -0.05) is 6.07 Å². The van der Waals surface area contributed by atoms with E-state index in [0.29, 0.717) is 17.9 Å². The molecule has 0 amide bonds. The van der Waals surface area contributed by atoms with Crippen molar-refractivity contribution in [1.82, 2.24) is 0 Å². The Balaban J connectivity index is 2.07. The van der Waals surface area contributed by atoms with Crippen molar-refractivity contribution in [2.24, 2.45) is 5.73 Å². The summed E-state index contributed by atoms with van der Waals surface area (Å²) in [6, 6.07) is 10.3. The molecule has 0 aliphatic carbocycles. The Morgan fingerprint density at radius 2 is 1.72 bits per heavy atom. The van der Waals surface area contributed by atoms with Crippen molar-refractivity contribution in [2.75, 3.05) is 0 Å². The van der Waals surface area contributed by atoms with Crippen LogP contribution in [0.15, 0.2) is 42.5 Å². The molecular formula is C14H13F2NO. The van der Waals surface area contributed by atoms with E-state index >= 15 is 0 Å². The highest BCUT2D eigenvalue weighted by Crippen LogP contribution is 2.16. The maximum absolute atomic E-state index is 13.5. The summed E-state index contributed by atoms with van der Waals surface area (Å²) in [5, 5.41) is 0. The number of ether oxygens (including phenoxy) is 1. The van der Waals surface area contributed by atoms with E-state index in [1.165, 1.54) is 30.3 Å². The van der Waals surface area contributed by atoms with Crippen LogP contribution in [0.25, 0.3) is 0 Å². The molecule has 0 unspecified atom stereocenters. The molecule has 0 saturated carbocycles. The molecule has 2 N–H and O–H groups in total. The van der Waals surface area contributed by atoms with Gasteiger partial charge in [-0.2, -0.15) is 0 Å². The first kappa shape index (κ1) is 12.5. The van der Waals surface area contributed by atoms with Crippen LogP contribution in [0.1, 0.15) is 11.1 Å². The van der Waals surface area contributed by atoms with Crippen LogP contribution >= 0.6 is 0 Å².